The molecule has 1 fully saturated rings. The number of pyridine rings is 1. The molecule has 2 rings (SSSR count). The fourth-order valence-electron chi connectivity index (χ4n) is 1.74. The Morgan fingerprint density at radius 2 is 2.29 bits per heavy atom. The molecule has 0 aromatic carbocycles. The minimum atomic E-state index is 0.689. The first kappa shape index (κ1) is 12.2. The van der Waals surface area contributed by atoms with Crippen LogP contribution in [0.5, 0.6) is 0 Å². The van der Waals surface area contributed by atoms with E-state index in [2.05, 4.69) is 20.9 Å². The Balaban J connectivity index is 1.79. The molecule has 1 saturated heterocycles. The SMILES string of the molecule is NC(=NCCc1cccnc1)N1CCSCC1. The van der Waals surface area contributed by atoms with E-state index in [0.717, 1.165) is 37.6 Å². The normalized spacial score (nSPS) is 17.2. The van der Waals surface area contributed by atoms with E-state index < -0.39 is 0 Å². The first-order valence-electron chi connectivity index (χ1n) is 5.88. The van der Waals surface area contributed by atoms with Gasteiger partial charge in [-0.25, -0.2) is 0 Å². The zero-order chi connectivity index (χ0) is 11.9. The molecule has 1 aromatic rings. The monoisotopic (exact) mass is 250 g/mol. The molecule has 92 valence electrons. The van der Waals surface area contributed by atoms with Gasteiger partial charge in [0, 0.05) is 43.5 Å². The highest BCUT2D eigenvalue weighted by atomic mass is 32.2. The van der Waals surface area contributed by atoms with Crippen LogP contribution in [0.25, 0.3) is 0 Å². The number of rotatable bonds is 3. The Morgan fingerprint density at radius 1 is 1.47 bits per heavy atom. The Labute approximate surface area is 106 Å². The van der Waals surface area contributed by atoms with Gasteiger partial charge in [-0.3, -0.25) is 9.98 Å². The lowest BCUT2D eigenvalue weighted by atomic mass is 10.2. The number of nitrogens with two attached hydrogens (primary N) is 1. The van der Waals surface area contributed by atoms with Crippen molar-refractivity contribution in [3.63, 3.8) is 0 Å². The predicted molar refractivity (Wildman–Crippen MR) is 73.3 cm³/mol. The van der Waals surface area contributed by atoms with E-state index in [1.165, 1.54) is 5.56 Å². The summed E-state index contributed by atoms with van der Waals surface area (Å²) in [6.45, 7) is 2.78. The predicted octanol–water partition coefficient (Wildman–Crippen LogP) is 0.988. The van der Waals surface area contributed by atoms with Crippen molar-refractivity contribution in [1.29, 1.82) is 0 Å². The number of aliphatic imine (C=N–C) groups is 1. The van der Waals surface area contributed by atoms with Crippen LogP contribution in [0.1, 0.15) is 5.56 Å². The van der Waals surface area contributed by atoms with Gasteiger partial charge in [-0.15, -0.1) is 0 Å². The number of aromatic nitrogens is 1. The molecule has 0 spiro atoms. The lowest BCUT2D eigenvalue weighted by Crippen LogP contribution is -2.42. The highest BCUT2D eigenvalue weighted by Gasteiger charge is 2.11. The second-order valence-corrected chi connectivity index (χ2v) is 5.18. The van der Waals surface area contributed by atoms with Gasteiger partial charge in [-0.2, -0.15) is 11.8 Å². The summed E-state index contributed by atoms with van der Waals surface area (Å²) in [5.41, 5.74) is 7.17. The Hall–Kier alpha value is -1.23. The summed E-state index contributed by atoms with van der Waals surface area (Å²) in [6, 6.07) is 4.01. The van der Waals surface area contributed by atoms with Crippen LogP contribution < -0.4 is 5.73 Å². The minimum absolute atomic E-state index is 0.689. The summed E-state index contributed by atoms with van der Waals surface area (Å²) >= 11 is 1.98. The van der Waals surface area contributed by atoms with Crippen molar-refractivity contribution >= 4 is 17.7 Å². The van der Waals surface area contributed by atoms with Crippen LogP contribution in [-0.4, -0.2) is 47.0 Å². The van der Waals surface area contributed by atoms with Crippen molar-refractivity contribution in [2.75, 3.05) is 31.1 Å². The molecule has 0 amide bonds. The maximum Gasteiger partial charge on any atom is 0.191 e. The Kier molecular flexibility index (Phi) is 4.67. The lowest BCUT2D eigenvalue weighted by molar-refractivity contribution is 0.456. The lowest BCUT2D eigenvalue weighted by Gasteiger charge is -2.27. The Morgan fingerprint density at radius 3 is 3.00 bits per heavy atom. The summed E-state index contributed by atoms with van der Waals surface area (Å²) in [5.74, 6) is 2.99. The van der Waals surface area contributed by atoms with Crippen molar-refractivity contribution < 1.29 is 0 Å². The van der Waals surface area contributed by atoms with E-state index in [1.54, 1.807) is 6.20 Å². The van der Waals surface area contributed by atoms with Crippen LogP contribution in [0, 0.1) is 0 Å². The second kappa shape index (κ2) is 6.49. The third kappa shape index (κ3) is 3.93. The molecule has 0 bridgehead atoms. The smallest absolute Gasteiger partial charge is 0.191 e. The van der Waals surface area contributed by atoms with Crippen LogP contribution in [0.15, 0.2) is 29.5 Å². The number of hydrogen-bond donors (Lipinski definition) is 1. The van der Waals surface area contributed by atoms with Gasteiger partial charge in [0.15, 0.2) is 5.96 Å². The molecule has 2 heterocycles. The summed E-state index contributed by atoms with van der Waals surface area (Å²) in [5, 5.41) is 0. The van der Waals surface area contributed by atoms with Crippen LogP contribution in [0.4, 0.5) is 0 Å². The fourth-order valence-corrected chi connectivity index (χ4v) is 2.64. The van der Waals surface area contributed by atoms with Crippen molar-refractivity contribution in [2.45, 2.75) is 6.42 Å². The first-order valence-corrected chi connectivity index (χ1v) is 7.03. The Bertz CT molecular complexity index is 360. The van der Waals surface area contributed by atoms with Gasteiger partial charge in [0.05, 0.1) is 0 Å². The van der Waals surface area contributed by atoms with Crippen molar-refractivity contribution in [2.24, 2.45) is 10.7 Å². The quantitative estimate of drug-likeness (QED) is 0.642. The highest BCUT2D eigenvalue weighted by Crippen LogP contribution is 2.08. The van der Waals surface area contributed by atoms with E-state index in [-0.39, 0.29) is 0 Å². The number of guanidine groups is 1. The number of nitrogens with zero attached hydrogens (tertiary/aromatic N) is 3. The van der Waals surface area contributed by atoms with Gasteiger partial charge in [0.1, 0.15) is 0 Å². The van der Waals surface area contributed by atoms with Gasteiger partial charge in [0.25, 0.3) is 0 Å². The minimum Gasteiger partial charge on any atom is -0.370 e. The largest absolute Gasteiger partial charge is 0.370 e. The number of hydrogen-bond acceptors (Lipinski definition) is 3. The molecule has 0 aliphatic carbocycles. The van der Waals surface area contributed by atoms with Gasteiger partial charge < -0.3 is 10.6 Å². The highest BCUT2D eigenvalue weighted by molar-refractivity contribution is 7.99. The second-order valence-electron chi connectivity index (χ2n) is 3.95. The topological polar surface area (TPSA) is 54.5 Å². The van der Waals surface area contributed by atoms with Crippen LogP contribution in [-0.2, 0) is 6.42 Å². The van der Waals surface area contributed by atoms with E-state index in [1.807, 2.05) is 24.0 Å². The molecule has 0 radical (unpaired) electrons. The average molecular weight is 250 g/mol. The maximum atomic E-state index is 5.96. The summed E-state index contributed by atoms with van der Waals surface area (Å²) in [7, 11) is 0. The summed E-state index contributed by atoms with van der Waals surface area (Å²) < 4.78 is 0. The van der Waals surface area contributed by atoms with E-state index in [4.69, 9.17) is 5.73 Å². The van der Waals surface area contributed by atoms with E-state index in [0.29, 0.717) is 5.96 Å². The zero-order valence-corrected chi connectivity index (χ0v) is 10.7. The van der Waals surface area contributed by atoms with Crippen LogP contribution in [0.3, 0.4) is 0 Å². The molecule has 1 aromatic heterocycles. The molecular formula is C12H18N4S. The van der Waals surface area contributed by atoms with Crippen LogP contribution >= 0.6 is 11.8 Å². The number of thioether (sulfide) groups is 1. The molecule has 1 aliphatic heterocycles. The first-order chi connectivity index (χ1) is 8.36. The third-order valence-electron chi connectivity index (χ3n) is 2.73. The fraction of sp³-hybridized carbons (Fsp3) is 0.500. The molecule has 17 heavy (non-hydrogen) atoms. The summed E-state index contributed by atoms with van der Waals surface area (Å²) in [4.78, 5) is 10.7. The van der Waals surface area contributed by atoms with E-state index >= 15 is 0 Å². The molecule has 2 N–H and O–H groups in total. The molecule has 0 atom stereocenters. The molecular weight excluding hydrogens is 232 g/mol. The zero-order valence-electron chi connectivity index (χ0n) is 9.88. The standard InChI is InChI=1S/C12H18N4S/c13-12(16-6-8-17-9-7-16)15-5-3-11-2-1-4-14-10-11/h1-2,4,10H,3,5-9H2,(H2,13,15). The van der Waals surface area contributed by atoms with Crippen molar-refractivity contribution in [1.82, 2.24) is 9.88 Å². The molecule has 5 heteroatoms. The van der Waals surface area contributed by atoms with Gasteiger partial charge in [0.2, 0.25) is 0 Å². The van der Waals surface area contributed by atoms with Gasteiger partial charge >= 0.3 is 0 Å². The molecule has 1 aliphatic rings. The van der Waals surface area contributed by atoms with Crippen molar-refractivity contribution in [3.8, 4) is 0 Å². The molecule has 4 nitrogen and oxygen atoms in total. The maximum absolute atomic E-state index is 5.96. The molecule has 0 unspecified atom stereocenters. The van der Waals surface area contributed by atoms with Gasteiger partial charge in [-0.05, 0) is 18.1 Å². The third-order valence-corrected chi connectivity index (χ3v) is 3.67. The van der Waals surface area contributed by atoms with Crippen LogP contribution in [0.2, 0.25) is 0 Å². The van der Waals surface area contributed by atoms with Crippen molar-refractivity contribution in [3.05, 3.63) is 30.1 Å². The molecule has 0 saturated carbocycles. The average Bonchev–Trinajstić information content (AvgIpc) is 2.41. The summed E-state index contributed by atoms with van der Waals surface area (Å²) in [6.07, 6.45) is 4.56. The van der Waals surface area contributed by atoms with E-state index in [9.17, 15) is 0 Å². The van der Waals surface area contributed by atoms with Gasteiger partial charge in [-0.1, -0.05) is 6.07 Å².